The molecule has 5 nitrogen and oxygen atoms in total. The van der Waals surface area contributed by atoms with Gasteiger partial charge in [-0.1, -0.05) is 11.6 Å². The van der Waals surface area contributed by atoms with Gasteiger partial charge in [-0.3, -0.25) is 4.79 Å². The predicted molar refractivity (Wildman–Crippen MR) is 98.5 cm³/mol. The number of rotatable bonds is 4. The Hall–Kier alpha value is -1.63. The van der Waals surface area contributed by atoms with E-state index in [0.29, 0.717) is 27.7 Å². The van der Waals surface area contributed by atoms with E-state index in [4.69, 9.17) is 21.1 Å². The molecule has 2 aromatic rings. The number of amides is 1. The average molecular weight is 381 g/mol. The molecule has 0 N–H and O–H groups in total. The number of nitrogens with zero attached hydrogens (tertiary/aromatic N) is 2. The summed E-state index contributed by atoms with van der Waals surface area (Å²) in [7, 11) is 1.52. The molecule has 1 fully saturated rings. The molecule has 2 heterocycles. The van der Waals surface area contributed by atoms with Crippen LogP contribution in [-0.4, -0.2) is 30.3 Å². The van der Waals surface area contributed by atoms with Gasteiger partial charge >= 0.3 is 0 Å². The highest BCUT2D eigenvalue weighted by Gasteiger charge is 2.17. The lowest BCUT2D eigenvalue weighted by Gasteiger charge is -2.23. The highest BCUT2D eigenvalue weighted by molar-refractivity contribution is 7.07. The average Bonchev–Trinajstić information content (AvgIpc) is 2.96. The van der Waals surface area contributed by atoms with Crippen LogP contribution < -0.4 is 9.54 Å². The fourth-order valence-corrected chi connectivity index (χ4v) is 3.93. The van der Waals surface area contributed by atoms with Gasteiger partial charge in [0.15, 0.2) is 4.80 Å². The van der Waals surface area contributed by atoms with Gasteiger partial charge in [0.2, 0.25) is 0 Å². The fourth-order valence-electron chi connectivity index (χ4n) is 2.87. The molecule has 0 spiro atoms. The van der Waals surface area contributed by atoms with Crippen molar-refractivity contribution in [2.24, 2.45) is 4.99 Å². The first-order valence-electron chi connectivity index (χ1n) is 8.27. The number of thiazole rings is 1. The van der Waals surface area contributed by atoms with Crippen molar-refractivity contribution in [2.75, 3.05) is 13.7 Å². The Morgan fingerprint density at radius 1 is 1.48 bits per heavy atom. The van der Waals surface area contributed by atoms with Crippen LogP contribution in [0.5, 0.6) is 5.75 Å². The summed E-state index contributed by atoms with van der Waals surface area (Å²) in [6.45, 7) is 3.54. The smallest absolute Gasteiger partial charge is 0.283 e. The summed E-state index contributed by atoms with van der Waals surface area (Å²) in [6, 6.07) is 4.95. The number of methoxy groups -OCH3 is 1. The van der Waals surface area contributed by atoms with Crippen molar-refractivity contribution in [1.29, 1.82) is 0 Å². The minimum absolute atomic E-state index is 0.178. The molecular formula is C18H21ClN2O3S. The van der Waals surface area contributed by atoms with Crippen molar-refractivity contribution >= 4 is 28.8 Å². The second-order valence-corrected chi connectivity index (χ2v) is 7.29. The molecule has 0 saturated carbocycles. The molecule has 1 aromatic heterocycles. The Bertz CT molecular complexity index is 822. The zero-order valence-electron chi connectivity index (χ0n) is 14.3. The Morgan fingerprint density at radius 2 is 2.32 bits per heavy atom. The number of benzene rings is 1. The summed E-state index contributed by atoms with van der Waals surface area (Å²) in [6.07, 6.45) is 3.52. The molecule has 1 unspecified atom stereocenters. The maximum absolute atomic E-state index is 12.7. The van der Waals surface area contributed by atoms with Crippen LogP contribution in [0.1, 0.15) is 35.3 Å². The van der Waals surface area contributed by atoms with E-state index in [0.717, 1.165) is 25.1 Å². The Labute approximate surface area is 155 Å². The SMILES string of the molecule is COc1ccc(Cl)cc1C(=O)N=c1scc(C)n1CC1CCCCO1. The fraction of sp³-hybridized carbons (Fsp3) is 0.444. The van der Waals surface area contributed by atoms with Crippen LogP contribution in [0, 0.1) is 6.92 Å². The van der Waals surface area contributed by atoms with Crippen LogP contribution in [0.15, 0.2) is 28.6 Å². The van der Waals surface area contributed by atoms with E-state index >= 15 is 0 Å². The van der Waals surface area contributed by atoms with Crippen LogP contribution in [0.3, 0.4) is 0 Å². The molecule has 3 rings (SSSR count). The van der Waals surface area contributed by atoms with Gasteiger partial charge in [-0.25, -0.2) is 0 Å². The summed E-state index contributed by atoms with van der Waals surface area (Å²) >= 11 is 7.47. The standard InChI is InChI=1S/C18H21ClN2O3S/c1-12-11-25-18(21(12)10-14-5-3-4-8-24-14)20-17(22)15-9-13(19)6-7-16(15)23-2/h6-7,9,11,14H,3-5,8,10H2,1-2H3. The van der Waals surface area contributed by atoms with Crippen molar-refractivity contribution in [1.82, 2.24) is 4.57 Å². The Kier molecular flexibility index (Phi) is 5.93. The predicted octanol–water partition coefficient (Wildman–Crippen LogP) is 3.83. The quantitative estimate of drug-likeness (QED) is 0.809. The van der Waals surface area contributed by atoms with Crippen LogP contribution in [0.4, 0.5) is 0 Å². The molecule has 0 aliphatic carbocycles. The minimum Gasteiger partial charge on any atom is -0.496 e. The number of carbonyl (C=O) groups excluding carboxylic acids is 1. The highest BCUT2D eigenvalue weighted by atomic mass is 35.5. The normalized spacial score (nSPS) is 18.4. The van der Waals surface area contributed by atoms with E-state index in [-0.39, 0.29) is 12.0 Å². The minimum atomic E-state index is -0.362. The topological polar surface area (TPSA) is 52.8 Å². The maximum atomic E-state index is 12.7. The summed E-state index contributed by atoms with van der Waals surface area (Å²) in [5.41, 5.74) is 1.44. The maximum Gasteiger partial charge on any atom is 0.283 e. The van der Waals surface area contributed by atoms with Crippen molar-refractivity contribution in [3.63, 3.8) is 0 Å². The number of aromatic nitrogens is 1. The molecule has 7 heteroatoms. The molecule has 1 amide bonds. The summed E-state index contributed by atoms with van der Waals surface area (Å²) in [4.78, 5) is 17.6. The summed E-state index contributed by atoms with van der Waals surface area (Å²) < 4.78 is 13.1. The van der Waals surface area contributed by atoms with E-state index in [9.17, 15) is 4.79 Å². The third kappa shape index (κ3) is 4.32. The number of ether oxygens (including phenoxy) is 2. The summed E-state index contributed by atoms with van der Waals surface area (Å²) in [5.74, 6) is 0.105. The van der Waals surface area contributed by atoms with Gasteiger partial charge in [0.1, 0.15) is 5.75 Å². The van der Waals surface area contributed by atoms with Crippen LogP contribution in [-0.2, 0) is 11.3 Å². The number of halogens is 1. The molecule has 0 bridgehead atoms. The van der Waals surface area contributed by atoms with E-state index in [1.807, 2.05) is 12.3 Å². The third-order valence-electron chi connectivity index (χ3n) is 4.24. The van der Waals surface area contributed by atoms with Gasteiger partial charge in [0.05, 0.1) is 25.3 Å². The summed E-state index contributed by atoms with van der Waals surface area (Å²) in [5, 5.41) is 2.48. The van der Waals surface area contributed by atoms with Crippen molar-refractivity contribution in [3.8, 4) is 5.75 Å². The lowest BCUT2D eigenvalue weighted by molar-refractivity contribution is 0.00524. The second kappa shape index (κ2) is 8.17. The van der Waals surface area contributed by atoms with E-state index in [2.05, 4.69) is 9.56 Å². The lowest BCUT2D eigenvalue weighted by Crippen LogP contribution is -2.29. The van der Waals surface area contributed by atoms with Gasteiger partial charge in [0.25, 0.3) is 5.91 Å². The first kappa shape index (κ1) is 18.2. The van der Waals surface area contributed by atoms with Crippen LogP contribution in [0.2, 0.25) is 5.02 Å². The molecule has 1 aliphatic rings. The van der Waals surface area contributed by atoms with Crippen LogP contribution in [0.25, 0.3) is 0 Å². The highest BCUT2D eigenvalue weighted by Crippen LogP contribution is 2.23. The molecule has 1 atom stereocenters. The molecule has 134 valence electrons. The van der Waals surface area contributed by atoms with Gasteiger partial charge < -0.3 is 14.0 Å². The van der Waals surface area contributed by atoms with E-state index in [1.54, 1.807) is 18.2 Å². The lowest BCUT2D eigenvalue weighted by atomic mass is 10.1. The third-order valence-corrected chi connectivity index (χ3v) is 5.46. The molecule has 0 radical (unpaired) electrons. The van der Waals surface area contributed by atoms with Crippen molar-refractivity contribution < 1.29 is 14.3 Å². The van der Waals surface area contributed by atoms with Crippen LogP contribution >= 0.6 is 22.9 Å². The van der Waals surface area contributed by atoms with Gasteiger partial charge in [0, 0.05) is 22.7 Å². The molecule has 1 aliphatic heterocycles. The number of hydrogen-bond acceptors (Lipinski definition) is 4. The van der Waals surface area contributed by atoms with Crippen molar-refractivity contribution in [3.05, 3.63) is 44.7 Å². The van der Waals surface area contributed by atoms with Crippen molar-refractivity contribution in [2.45, 2.75) is 38.8 Å². The zero-order chi connectivity index (χ0) is 17.8. The zero-order valence-corrected chi connectivity index (χ0v) is 15.9. The number of carbonyl (C=O) groups is 1. The Morgan fingerprint density at radius 3 is 3.04 bits per heavy atom. The number of aryl methyl sites for hydroxylation is 1. The molecule has 1 saturated heterocycles. The monoisotopic (exact) mass is 380 g/mol. The number of hydrogen-bond donors (Lipinski definition) is 0. The van der Waals surface area contributed by atoms with E-state index < -0.39 is 0 Å². The van der Waals surface area contributed by atoms with Gasteiger partial charge in [-0.15, -0.1) is 11.3 Å². The first-order valence-corrected chi connectivity index (χ1v) is 9.53. The molecule has 1 aromatic carbocycles. The molecular weight excluding hydrogens is 360 g/mol. The largest absolute Gasteiger partial charge is 0.496 e. The Balaban J connectivity index is 1.91. The molecule has 25 heavy (non-hydrogen) atoms. The van der Waals surface area contributed by atoms with E-state index in [1.165, 1.54) is 24.9 Å². The second-order valence-electron chi connectivity index (χ2n) is 6.02. The first-order chi connectivity index (χ1) is 12.1. The van der Waals surface area contributed by atoms with Gasteiger partial charge in [-0.2, -0.15) is 4.99 Å². The van der Waals surface area contributed by atoms with Gasteiger partial charge in [-0.05, 0) is 44.4 Å².